The minimum atomic E-state index is -0.149. The monoisotopic (exact) mass is 140 g/mol. The predicted molar refractivity (Wildman–Crippen MR) is 42.8 cm³/mol. The van der Waals surface area contributed by atoms with Crippen molar-refractivity contribution in [3.63, 3.8) is 0 Å². The lowest BCUT2D eigenvalue weighted by Crippen LogP contribution is -2.17. The van der Waals surface area contributed by atoms with Crippen molar-refractivity contribution in [3.8, 4) is 0 Å². The molecule has 0 aromatic heterocycles. The maximum absolute atomic E-state index is 9.35. The first kappa shape index (κ1) is 7.80. The highest BCUT2D eigenvalue weighted by Crippen LogP contribution is 2.52. The lowest BCUT2D eigenvalue weighted by atomic mass is 9.93. The molecule has 1 aliphatic rings. The Morgan fingerprint density at radius 1 is 1.70 bits per heavy atom. The van der Waals surface area contributed by atoms with E-state index in [1.54, 1.807) is 0 Å². The van der Waals surface area contributed by atoms with E-state index in [9.17, 15) is 5.11 Å². The topological polar surface area (TPSA) is 20.2 Å². The second-order valence-corrected chi connectivity index (χ2v) is 3.67. The van der Waals surface area contributed by atoms with Gasteiger partial charge in [-0.2, -0.15) is 0 Å². The summed E-state index contributed by atoms with van der Waals surface area (Å²) in [4.78, 5) is 0. The summed E-state index contributed by atoms with van der Waals surface area (Å²) in [5.41, 5.74) is 1.42. The lowest BCUT2D eigenvalue weighted by molar-refractivity contribution is 0.110. The van der Waals surface area contributed by atoms with Gasteiger partial charge in [0.15, 0.2) is 0 Å². The third-order valence-corrected chi connectivity index (χ3v) is 2.43. The molecule has 58 valence electrons. The maximum atomic E-state index is 9.35. The molecule has 1 atom stereocenters. The summed E-state index contributed by atoms with van der Waals surface area (Å²) in [6.07, 6.45) is 3.21. The van der Waals surface area contributed by atoms with Crippen LogP contribution in [0.3, 0.4) is 0 Å². The van der Waals surface area contributed by atoms with Crippen molar-refractivity contribution in [2.75, 3.05) is 0 Å². The average Bonchev–Trinajstić information content (AvgIpc) is 2.46. The molecule has 1 fully saturated rings. The number of rotatable bonds is 3. The van der Waals surface area contributed by atoms with Gasteiger partial charge in [-0.25, -0.2) is 0 Å². The highest BCUT2D eigenvalue weighted by molar-refractivity contribution is 5.06. The Kier molecular flexibility index (Phi) is 1.86. The summed E-state index contributed by atoms with van der Waals surface area (Å²) < 4.78 is 0. The molecular formula is C9H16O. The van der Waals surface area contributed by atoms with E-state index in [1.807, 2.05) is 13.8 Å². The van der Waals surface area contributed by atoms with Crippen LogP contribution < -0.4 is 0 Å². The van der Waals surface area contributed by atoms with E-state index in [2.05, 4.69) is 6.58 Å². The molecule has 1 nitrogen and oxygen atoms in total. The first-order chi connectivity index (χ1) is 4.57. The molecular weight excluding hydrogens is 124 g/mol. The van der Waals surface area contributed by atoms with E-state index < -0.39 is 0 Å². The Morgan fingerprint density at radius 2 is 2.20 bits per heavy atom. The predicted octanol–water partition coefficient (Wildman–Crippen LogP) is 2.11. The zero-order valence-corrected chi connectivity index (χ0v) is 6.85. The summed E-state index contributed by atoms with van der Waals surface area (Å²) in [7, 11) is 0. The molecule has 0 aliphatic heterocycles. The summed E-state index contributed by atoms with van der Waals surface area (Å²) in [6, 6.07) is 0. The summed E-state index contributed by atoms with van der Waals surface area (Å²) in [5.74, 6) is 0. The van der Waals surface area contributed by atoms with Crippen LogP contribution in [0.15, 0.2) is 12.2 Å². The average molecular weight is 140 g/mol. The first-order valence-corrected chi connectivity index (χ1v) is 3.89. The van der Waals surface area contributed by atoms with Gasteiger partial charge in [-0.05, 0) is 38.5 Å². The first-order valence-electron chi connectivity index (χ1n) is 3.89. The zero-order valence-electron chi connectivity index (χ0n) is 6.85. The van der Waals surface area contributed by atoms with Crippen LogP contribution in [0.25, 0.3) is 0 Å². The highest BCUT2D eigenvalue weighted by atomic mass is 16.3. The third-order valence-electron chi connectivity index (χ3n) is 2.43. The van der Waals surface area contributed by atoms with Gasteiger partial charge in [0.05, 0.1) is 6.10 Å². The van der Waals surface area contributed by atoms with Gasteiger partial charge in [0.2, 0.25) is 0 Å². The van der Waals surface area contributed by atoms with Crippen LogP contribution in [0.2, 0.25) is 0 Å². The quantitative estimate of drug-likeness (QED) is 0.595. The van der Waals surface area contributed by atoms with Crippen LogP contribution in [-0.2, 0) is 0 Å². The van der Waals surface area contributed by atoms with Gasteiger partial charge < -0.3 is 5.11 Å². The molecule has 10 heavy (non-hydrogen) atoms. The van der Waals surface area contributed by atoms with Crippen LogP contribution in [-0.4, -0.2) is 11.2 Å². The Balaban J connectivity index is 2.45. The van der Waals surface area contributed by atoms with Gasteiger partial charge in [-0.15, -0.1) is 6.58 Å². The fourth-order valence-electron chi connectivity index (χ4n) is 1.50. The highest BCUT2D eigenvalue weighted by Gasteiger charge is 2.46. The van der Waals surface area contributed by atoms with Crippen molar-refractivity contribution >= 4 is 0 Å². The van der Waals surface area contributed by atoms with E-state index in [4.69, 9.17) is 0 Å². The van der Waals surface area contributed by atoms with Crippen molar-refractivity contribution < 1.29 is 5.11 Å². The van der Waals surface area contributed by atoms with Gasteiger partial charge in [0.1, 0.15) is 0 Å². The lowest BCUT2D eigenvalue weighted by Gasteiger charge is -2.17. The number of aliphatic hydroxyl groups excluding tert-OH is 1. The maximum Gasteiger partial charge on any atom is 0.0571 e. The Hall–Kier alpha value is -0.300. The van der Waals surface area contributed by atoms with Crippen molar-refractivity contribution in [1.82, 2.24) is 0 Å². The molecule has 1 rings (SSSR count). The smallest absolute Gasteiger partial charge is 0.0571 e. The number of hydrogen-bond acceptors (Lipinski definition) is 1. The number of hydrogen-bond donors (Lipinski definition) is 1. The molecule has 0 spiro atoms. The van der Waals surface area contributed by atoms with E-state index in [0.717, 1.165) is 6.42 Å². The van der Waals surface area contributed by atoms with E-state index in [0.29, 0.717) is 0 Å². The van der Waals surface area contributed by atoms with Crippen molar-refractivity contribution in [2.24, 2.45) is 5.41 Å². The summed E-state index contributed by atoms with van der Waals surface area (Å²) >= 11 is 0. The number of aliphatic hydroxyl groups is 1. The van der Waals surface area contributed by atoms with E-state index >= 15 is 0 Å². The molecule has 0 heterocycles. The van der Waals surface area contributed by atoms with Crippen molar-refractivity contribution in [3.05, 3.63) is 12.2 Å². The van der Waals surface area contributed by atoms with Crippen LogP contribution in [0.1, 0.15) is 33.1 Å². The molecule has 0 aromatic carbocycles. The Bertz CT molecular complexity index is 143. The SMILES string of the molecule is C=C(C)CC1(C(C)O)CC1. The largest absolute Gasteiger partial charge is 0.393 e. The summed E-state index contributed by atoms with van der Waals surface area (Å²) in [6.45, 7) is 7.77. The standard InChI is InChI=1S/C9H16O/c1-7(2)6-9(4-5-9)8(3)10/h8,10H,1,4-6H2,2-3H3. The molecule has 1 aliphatic carbocycles. The van der Waals surface area contributed by atoms with E-state index in [-0.39, 0.29) is 11.5 Å². The van der Waals surface area contributed by atoms with Gasteiger partial charge in [0.25, 0.3) is 0 Å². The molecule has 0 aromatic rings. The van der Waals surface area contributed by atoms with E-state index in [1.165, 1.54) is 18.4 Å². The number of allylic oxidation sites excluding steroid dienone is 1. The zero-order chi connectivity index (χ0) is 7.78. The van der Waals surface area contributed by atoms with Crippen molar-refractivity contribution in [2.45, 2.75) is 39.2 Å². The van der Waals surface area contributed by atoms with Crippen LogP contribution in [0.5, 0.6) is 0 Å². The van der Waals surface area contributed by atoms with Gasteiger partial charge in [-0.3, -0.25) is 0 Å². The van der Waals surface area contributed by atoms with Gasteiger partial charge in [-0.1, -0.05) is 5.57 Å². The summed E-state index contributed by atoms with van der Waals surface area (Å²) in [5, 5.41) is 9.35. The second-order valence-electron chi connectivity index (χ2n) is 3.67. The van der Waals surface area contributed by atoms with Crippen LogP contribution in [0, 0.1) is 5.41 Å². The molecule has 1 N–H and O–H groups in total. The molecule has 1 saturated carbocycles. The molecule has 0 radical (unpaired) electrons. The van der Waals surface area contributed by atoms with Crippen LogP contribution in [0.4, 0.5) is 0 Å². The molecule has 1 heteroatoms. The van der Waals surface area contributed by atoms with Crippen molar-refractivity contribution in [1.29, 1.82) is 0 Å². The molecule has 0 saturated heterocycles. The fraction of sp³-hybridized carbons (Fsp3) is 0.778. The van der Waals surface area contributed by atoms with Crippen LogP contribution >= 0.6 is 0 Å². The fourth-order valence-corrected chi connectivity index (χ4v) is 1.50. The molecule has 1 unspecified atom stereocenters. The third kappa shape index (κ3) is 1.40. The van der Waals surface area contributed by atoms with Gasteiger partial charge >= 0.3 is 0 Å². The normalized spacial score (nSPS) is 23.9. The minimum Gasteiger partial charge on any atom is -0.393 e. The molecule has 0 amide bonds. The van der Waals surface area contributed by atoms with Gasteiger partial charge in [0, 0.05) is 0 Å². The molecule has 0 bridgehead atoms. The Morgan fingerprint density at radius 3 is 2.30 bits per heavy atom. The minimum absolute atomic E-state index is 0.149. The second kappa shape index (κ2) is 2.39. The Labute approximate surface area is 62.8 Å².